The summed E-state index contributed by atoms with van der Waals surface area (Å²) in [6.07, 6.45) is 10.3. The van der Waals surface area contributed by atoms with Crippen molar-refractivity contribution in [1.82, 2.24) is 5.32 Å². The van der Waals surface area contributed by atoms with Crippen LogP contribution in [0, 0.1) is 40.4 Å². The maximum absolute atomic E-state index is 14.9. The van der Waals surface area contributed by atoms with Crippen LogP contribution in [-0.4, -0.2) is 17.8 Å². The van der Waals surface area contributed by atoms with Gasteiger partial charge in [-0.1, -0.05) is 31.0 Å². The molecule has 5 nitrogen and oxygen atoms in total. The van der Waals surface area contributed by atoms with Crippen LogP contribution in [0.25, 0.3) is 0 Å². The van der Waals surface area contributed by atoms with Gasteiger partial charge >= 0.3 is 0 Å². The number of benzene rings is 1. The minimum absolute atomic E-state index is 0.148. The number of primary amides is 1. The molecule has 4 bridgehead atoms. The number of aliphatic imine (C=N–C) groups is 1. The van der Waals surface area contributed by atoms with Crippen LogP contribution in [0.3, 0.4) is 0 Å². The molecule has 0 aromatic heterocycles. The molecule has 2 atom stereocenters. The lowest BCUT2D eigenvalue weighted by molar-refractivity contribution is -0.145. The quantitative estimate of drug-likeness (QED) is 0.451. The average Bonchev–Trinajstić information content (AvgIpc) is 3.20. The predicted octanol–water partition coefficient (Wildman–Crippen LogP) is 3.79. The first-order chi connectivity index (χ1) is 14.5. The van der Waals surface area contributed by atoms with Crippen molar-refractivity contribution in [2.24, 2.45) is 33.9 Å². The van der Waals surface area contributed by atoms with Crippen LogP contribution >= 0.6 is 0 Å². The molecule has 1 amide bonds. The van der Waals surface area contributed by atoms with Crippen LogP contribution in [0.1, 0.15) is 63.4 Å². The summed E-state index contributed by atoms with van der Waals surface area (Å²) in [6, 6.07) is 7.08. The Bertz CT molecular complexity index is 913. The largest absolute Gasteiger partial charge is 0.369 e. The number of rotatable bonds is 4. The van der Waals surface area contributed by atoms with E-state index in [0.29, 0.717) is 29.2 Å². The number of nitrogens with zero attached hydrogens (tertiary/aromatic N) is 2. The third kappa shape index (κ3) is 2.85. The number of carbonyl (C=O) groups is 1. The summed E-state index contributed by atoms with van der Waals surface area (Å²) in [5, 5.41) is 13.2. The highest BCUT2D eigenvalue weighted by atomic mass is 19.1. The maximum Gasteiger partial charge on any atom is 0.223 e. The van der Waals surface area contributed by atoms with E-state index in [4.69, 9.17) is 5.73 Å². The summed E-state index contributed by atoms with van der Waals surface area (Å²) in [7, 11) is 0. The average molecular weight is 409 g/mol. The molecule has 6 heteroatoms. The SMILES string of the molecule is N#C/N=C(/NC1C2CC3CC1CC(C(N)=O)(C3)C2)C1(c2ccccc2F)CCCC1. The third-order valence-electron chi connectivity index (χ3n) is 8.56. The summed E-state index contributed by atoms with van der Waals surface area (Å²) in [5.41, 5.74) is 5.55. The Morgan fingerprint density at radius 1 is 1.17 bits per heavy atom. The predicted molar refractivity (Wildman–Crippen MR) is 112 cm³/mol. The van der Waals surface area contributed by atoms with Crippen molar-refractivity contribution in [3.05, 3.63) is 35.6 Å². The number of nitrogens with two attached hydrogens (primary N) is 1. The molecule has 5 fully saturated rings. The lowest BCUT2D eigenvalue weighted by atomic mass is 9.47. The van der Waals surface area contributed by atoms with Crippen molar-refractivity contribution in [3.8, 4) is 6.19 Å². The van der Waals surface area contributed by atoms with E-state index in [9.17, 15) is 14.4 Å². The molecule has 0 spiro atoms. The molecule has 1 aromatic carbocycles. The molecular weight excluding hydrogens is 379 g/mol. The first-order valence-electron chi connectivity index (χ1n) is 11.3. The molecule has 0 saturated heterocycles. The van der Waals surface area contributed by atoms with Gasteiger partial charge in [0.05, 0.1) is 5.41 Å². The van der Waals surface area contributed by atoms with Gasteiger partial charge in [0.2, 0.25) is 12.1 Å². The van der Waals surface area contributed by atoms with Crippen LogP contribution in [0.15, 0.2) is 29.3 Å². The summed E-state index contributed by atoms with van der Waals surface area (Å²) >= 11 is 0. The van der Waals surface area contributed by atoms with Crippen molar-refractivity contribution in [1.29, 1.82) is 5.26 Å². The second-order valence-electron chi connectivity index (χ2n) is 10.1. The Labute approximate surface area is 176 Å². The van der Waals surface area contributed by atoms with E-state index in [2.05, 4.69) is 10.3 Å². The van der Waals surface area contributed by atoms with Gasteiger partial charge in [-0.2, -0.15) is 10.3 Å². The fourth-order valence-electron chi connectivity index (χ4n) is 7.51. The van der Waals surface area contributed by atoms with Gasteiger partial charge in [-0.15, -0.1) is 0 Å². The Hall–Kier alpha value is -2.42. The second kappa shape index (κ2) is 7.08. The van der Waals surface area contributed by atoms with Gasteiger partial charge < -0.3 is 11.1 Å². The molecule has 0 aliphatic heterocycles. The molecule has 158 valence electrons. The molecule has 3 N–H and O–H groups in total. The first-order valence-corrected chi connectivity index (χ1v) is 11.3. The minimum atomic E-state index is -0.572. The van der Waals surface area contributed by atoms with Gasteiger partial charge in [-0.25, -0.2) is 4.39 Å². The van der Waals surface area contributed by atoms with Crippen LogP contribution < -0.4 is 11.1 Å². The number of nitriles is 1. The lowest BCUT2D eigenvalue weighted by Crippen LogP contribution is -2.63. The van der Waals surface area contributed by atoms with Crippen LogP contribution in [-0.2, 0) is 10.2 Å². The number of hydrogen-bond donors (Lipinski definition) is 2. The summed E-state index contributed by atoms with van der Waals surface area (Å²) in [6.45, 7) is 0. The van der Waals surface area contributed by atoms with Crippen molar-refractivity contribution < 1.29 is 9.18 Å². The van der Waals surface area contributed by atoms with E-state index in [-0.39, 0.29) is 23.2 Å². The third-order valence-corrected chi connectivity index (χ3v) is 8.56. The molecule has 5 saturated carbocycles. The standard InChI is InChI=1S/C24H29FN4O/c25-19-6-2-1-5-18(19)24(7-3-4-8-24)22(28-14-26)29-20-16-9-15-10-17(20)13-23(11-15,12-16)21(27)30/h1-2,5-6,15-17,20H,3-4,7-13H2,(H2,27,30)(H,28,29). The molecule has 5 aliphatic rings. The number of hydrogen-bond acceptors (Lipinski definition) is 3. The van der Waals surface area contributed by atoms with Gasteiger partial charge in [-0.05, 0) is 68.8 Å². The van der Waals surface area contributed by atoms with Crippen molar-refractivity contribution in [2.45, 2.75) is 69.2 Å². The first kappa shape index (κ1) is 19.5. The van der Waals surface area contributed by atoms with Gasteiger partial charge in [-0.3, -0.25) is 4.79 Å². The topological polar surface area (TPSA) is 91.3 Å². The smallest absolute Gasteiger partial charge is 0.223 e. The van der Waals surface area contributed by atoms with Crippen molar-refractivity contribution in [3.63, 3.8) is 0 Å². The number of halogens is 1. The Kier molecular flexibility index (Phi) is 4.61. The van der Waals surface area contributed by atoms with E-state index < -0.39 is 5.41 Å². The zero-order chi connectivity index (χ0) is 20.9. The number of amides is 1. The Morgan fingerprint density at radius 2 is 1.83 bits per heavy atom. The Balaban J connectivity index is 1.48. The Morgan fingerprint density at radius 3 is 2.43 bits per heavy atom. The second-order valence-corrected chi connectivity index (χ2v) is 10.1. The van der Waals surface area contributed by atoms with E-state index in [1.807, 2.05) is 18.3 Å². The normalized spacial score (nSPS) is 36.5. The zero-order valence-corrected chi connectivity index (χ0v) is 17.2. The zero-order valence-electron chi connectivity index (χ0n) is 17.2. The van der Waals surface area contributed by atoms with Gasteiger partial charge in [0.15, 0.2) is 0 Å². The van der Waals surface area contributed by atoms with Crippen LogP contribution in [0.4, 0.5) is 4.39 Å². The number of amidine groups is 1. The molecule has 0 radical (unpaired) electrons. The molecular formula is C24H29FN4O. The number of carbonyl (C=O) groups excluding carboxylic acids is 1. The maximum atomic E-state index is 14.9. The van der Waals surface area contributed by atoms with E-state index in [1.165, 1.54) is 6.07 Å². The highest BCUT2D eigenvalue weighted by molar-refractivity contribution is 5.94. The van der Waals surface area contributed by atoms with E-state index in [1.54, 1.807) is 6.07 Å². The van der Waals surface area contributed by atoms with Gasteiger partial charge in [0, 0.05) is 17.0 Å². The molecule has 0 heterocycles. The van der Waals surface area contributed by atoms with E-state index >= 15 is 0 Å². The van der Waals surface area contributed by atoms with Crippen molar-refractivity contribution in [2.75, 3.05) is 0 Å². The lowest BCUT2D eigenvalue weighted by Gasteiger charge is -2.59. The highest BCUT2D eigenvalue weighted by Gasteiger charge is 2.58. The number of nitrogens with one attached hydrogen (secondary N) is 1. The molecule has 30 heavy (non-hydrogen) atoms. The highest BCUT2D eigenvalue weighted by Crippen LogP contribution is 2.60. The van der Waals surface area contributed by atoms with Crippen LogP contribution in [0.5, 0.6) is 0 Å². The monoisotopic (exact) mass is 408 g/mol. The van der Waals surface area contributed by atoms with Crippen LogP contribution in [0.2, 0.25) is 0 Å². The van der Waals surface area contributed by atoms with Gasteiger partial charge in [0.25, 0.3) is 0 Å². The molecule has 2 unspecified atom stereocenters. The fraction of sp³-hybridized carbons (Fsp3) is 0.625. The summed E-state index contributed by atoms with van der Waals surface area (Å²) in [5.74, 6) is 1.52. The molecule has 1 aromatic rings. The fourth-order valence-corrected chi connectivity index (χ4v) is 7.51. The van der Waals surface area contributed by atoms with E-state index in [0.717, 1.165) is 57.8 Å². The summed E-state index contributed by atoms with van der Waals surface area (Å²) in [4.78, 5) is 16.5. The van der Waals surface area contributed by atoms with Gasteiger partial charge in [0.1, 0.15) is 11.7 Å². The summed E-state index contributed by atoms with van der Waals surface area (Å²) < 4.78 is 14.9. The molecule has 5 aliphatic carbocycles. The van der Waals surface area contributed by atoms with Crippen molar-refractivity contribution >= 4 is 11.7 Å². The minimum Gasteiger partial charge on any atom is -0.369 e. The molecule has 6 rings (SSSR count).